The third-order valence-electron chi connectivity index (χ3n) is 3.28. The highest BCUT2D eigenvalue weighted by atomic mass is 79.9. The topological polar surface area (TPSA) is 29.1 Å². The first kappa shape index (κ1) is 18.1. The van der Waals surface area contributed by atoms with E-state index in [4.69, 9.17) is 0 Å². The zero-order chi connectivity index (χ0) is 15.7. The molecule has 0 heterocycles. The van der Waals surface area contributed by atoms with Gasteiger partial charge in [-0.25, -0.2) is 8.78 Å². The second-order valence-electron chi connectivity index (χ2n) is 5.16. The molecule has 0 fully saturated rings. The van der Waals surface area contributed by atoms with Gasteiger partial charge in [-0.2, -0.15) is 0 Å². The van der Waals surface area contributed by atoms with Gasteiger partial charge in [-0.3, -0.25) is 4.79 Å². The number of nitrogens with one attached hydrogen (secondary N) is 1. The van der Waals surface area contributed by atoms with Gasteiger partial charge in [0.15, 0.2) is 11.6 Å². The Labute approximate surface area is 133 Å². The molecule has 0 aliphatic rings. The Hall–Kier alpha value is -0.970. The summed E-state index contributed by atoms with van der Waals surface area (Å²) in [6.45, 7) is 2.17. The summed E-state index contributed by atoms with van der Waals surface area (Å²) >= 11 is 3.00. The van der Waals surface area contributed by atoms with Gasteiger partial charge >= 0.3 is 0 Å². The zero-order valence-electron chi connectivity index (χ0n) is 12.4. The molecule has 1 N–H and O–H groups in total. The van der Waals surface area contributed by atoms with Crippen LogP contribution in [-0.4, -0.2) is 5.91 Å². The number of rotatable bonds is 9. The molecule has 5 heteroatoms. The van der Waals surface area contributed by atoms with E-state index in [1.165, 1.54) is 25.7 Å². The van der Waals surface area contributed by atoms with Crippen molar-refractivity contribution in [3.8, 4) is 0 Å². The van der Waals surface area contributed by atoms with Crippen molar-refractivity contribution in [1.29, 1.82) is 0 Å². The van der Waals surface area contributed by atoms with Crippen LogP contribution in [0.3, 0.4) is 0 Å². The van der Waals surface area contributed by atoms with Gasteiger partial charge in [0.2, 0.25) is 5.91 Å². The van der Waals surface area contributed by atoms with Gasteiger partial charge < -0.3 is 5.32 Å². The molecule has 0 atom stereocenters. The molecule has 0 radical (unpaired) electrons. The SMILES string of the molecule is CCCCCCCCCC(=O)Nc1c(F)cc(Br)cc1F. The highest BCUT2D eigenvalue weighted by Crippen LogP contribution is 2.24. The van der Waals surface area contributed by atoms with Crippen LogP contribution >= 0.6 is 15.9 Å². The smallest absolute Gasteiger partial charge is 0.224 e. The second-order valence-corrected chi connectivity index (χ2v) is 6.08. The van der Waals surface area contributed by atoms with Gasteiger partial charge in [-0.15, -0.1) is 0 Å². The van der Waals surface area contributed by atoms with Crippen LogP contribution in [0.25, 0.3) is 0 Å². The van der Waals surface area contributed by atoms with Crippen LogP contribution in [0.1, 0.15) is 58.3 Å². The first-order valence-electron chi connectivity index (χ1n) is 7.49. The van der Waals surface area contributed by atoms with Crippen LogP contribution in [0.4, 0.5) is 14.5 Å². The van der Waals surface area contributed by atoms with E-state index in [0.717, 1.165) is 31.4 Å². The van der Waals surface area contributed by atoms with Crippen LogP contribution in [0.5, 0.6) is 0 Å². The summed E-state index contributed by atoms with van der Waals surface area (Å²) < 4.78 is 27.4. The fourth-order valence-corrected chi connectivity index (χ4v) is 2.51. The minimum absolute atomic E-state index is 0.294. The van der Waals surface area contributed by atoms with E-state index in [0.29, 0.717) is 10.9 Å². The van der Waals surface area contributed by atoms with Crippen LogP contribution < -0.4 is 5.32 Å². The molecule has 1 rings (SSSR count). The normalized spacial score (nSPS) is 10.7. The van der Waals surface area contributed by atoms with Gasteiger partial charge in [0.1, 0.15) is 5.69 Å². The maximum atomic E-state index is 13.5. The van der Waals surface area contributed by atoms with E-state index in [1.54, 1.807) is 0 Å². The average Bonchev–Trinajstić information content (AvgIpc) is 2.42. The van der Waals surface area contributed by atoms with E-state index in [1.807, 2.05) is 0 Å². The molecule has 0 saturated heterocycles. The fourth-order valence-electron chi connectivity index (χ4n) is 2.11. The van der Waals surface area contributed by atoms with E-state index in [-0.39, 0.29) is 11.6 Å². The number of hydrogen-bond acceptors (Lipinski definition) is 1. The number of halogens is 3. The number of carbonyl (C=O) groups excluding carboxylic acids is 1. The van der Waals surface area contributed by atoms with Crippen molar-refractivity contribution in [2.24, 2.45) is 0 Å². The van der Waals surface area contributed by atoms with Crippen molar-refractivity contribution >= 4 is 27.5 Å². The van der Waals surface area contributed by atoms with Crippen LogP contribution in [0.15, 0.2) is 16.6 Å². The standard InChI is InChI=1S/C16H22BrF2NO/c1-2-3-4-5-6-7-8-9-15(21)20-16-13(18)10-12(17)11-14(16)19/h10-11H,2-9H2,1H3,(H,20,21). The molecule has 0 saturated carbocycles. The Morgan fingerprint density at radius 3 is 2.14 bits per heavy atom. The number of amides is 1. The van der Waals surface area contributed by atoms with Crippen molar-refractivity contribution < 1.29 is 13.6 Å². The third-order valence-corrected chi connectivity index (χ3v) is 3.74. The molecule has 21 heavy (non-hydrogen) atoms. The number of unbranched alkanes of at least 4 members (excludes halogenated alkanes) is 6. The van der Waals surface area contributed by atoms with Crippen molar-refractivity contribution in [3.05, 3.63) is 28.2 Å². The lowest BCUT2D eigenvalue weighted by Gasteiger charge is -2.08. The maximum absolute atomic E-state index is 13.5. The highest BCUT2D eigenvalue weighted by molar-refractivity contribution is 9.10. The van der Waals surface area contributed by atoms with Crippen molar-refractivity contribution in [2.45, 2.75) is 58.3 Å². The minimum atomic E-state index is -0.769. The molecule has 0 unspecified atom stereocenters. The van der Waals surface area contributed by atoms with Gasteiger partial charge in [-0.1, -0.05) is 61.4 Å². The average molecular weight is 362 g/mol. The van der Waals surface area contributed by atoms with Crippen molar-refractivity contribution in [2.75, 3.05) is 5.32 Å². The molecule has 118 valence electrons. The lowest BCUT2D eigenvalue weighted by atomic mass is 10.1. The van der Waals surface area contributed by atoms with Crippen LogP contribution in [0.2, 0.25) is 0 Å². The summed E-state index contributed by atoms with van der Waals surface area (Å²) in [4.78, 5) is 11.7. The lowest BCUT2D eigenvalue weighted by Crippen LogP contribution is -2.13. The quantitative estimate of drug-likeness (QED) is 0.552. The summed E-state index contributed by atoms with van der Waals surface area (Å²) in [5, 5.41) is 2.31. The molecule has 0 spiro atoms. The third kappa shape index (κ3) is 7.02. The van der Waals surface area contributed by atoms with E-state index in [2.05, 4.69) is 28.2 Å². The lowest BCUT2D eigenvalue weighted by molar-refractivity contribution is -0.116. The predicted molar refractivity (Wildman–Crippen MR) is 85.3 cm³/mol. The molecular formula is C16H22BrF2NO. The van der Waals surface area contributed by atoms with Crippen LogP contribution in [-0.2, 0) is 4.79 Å². The van der Waals surface area contributed by atoms with E-state index < -0.39 is 11.6 Å². The molecule has 1 amide bonds. The molecule has 0 aliphatic carbocycles. The zero-order valence-corrected chi connectivity index (χ0v) is 13.9. The molecule has 0 bridgehead atoms. The summed E-state index contributed by atoms with van der Waals surface area (Å²) in [5.41, 5.74) is -0.369. The molecule has 0 aliphatic heterocycles. The van der Waals surface area contributed by atoms with Gasteiger partial charge in [0.05, 0.1) is 0 Å². The summed E-state index contributed by atoms with van der Waals surface area (Å²) in [7, 11) is 0. The second kappa shape index (κ2) is 9.87. The summed E-state index contributed by atoms with van der Waals surface area (Å²) in [6, 6.07) is 2.26. The number of benzene rings is 1. The first-order valence-corrected chi connectivity index (χ1v) is 8.28. The Morgan fingerprint density at radius 1 is 1.05 bits per heavy atom. The van der Waals surface area contributed by atoms with Crippen molar-refractivity contribution in [3.63, 3.8) is 0 Å². The Balaban J connectivity index is 2.28. The Kier molecular flexibility index (Phi) is 8.50. The van der Waals surface area contributed by atoms with E-state index in [9.17, 15) is 13.6 Å². The molecular weight excluding hydrogens is 340 g/mol. The van der Waals surface area contributed by atoms with Crippen LogP contribution in [0, 0.1) is 11.6 Å². The monoisotopic (exact) mass is 361 g/mol. The number of carbonyl (C=O) groups is 1. The van der Waals surface area contributed by atoms with Crippen molar-refractivity contribution in [1.82, 2.24) is 0 Å². The molecule has 2 nitrogen and oxygen atoms in total. The summed E-state index contributed by atoms with van der Waals surface area (Å²) in [5.74, 6) is -1.88. The van der Waals surface area contributed by atoms with Gasteiger partial charge in [-0.05, 0) is 18.6 Å². The molecule has 1 aromatic carbocycles. The summed E-state index contributed by atoms with van der Waals surface area (Å²) in [6.07, 6.45) is 8.01. The fraction of sp³-hybridized carbons (Fsp3) is 0.562. The largest absolute Gasteiger partial charge is 0.321 e. The van der Waals surface area contributed by atoms with Gasteiger partial charge in [0.25, 0.3) is 0 Å². The predicted octanol–water partition coefficient (Wildman–Crippen LogP) is 5.81. The maximum Gasteiger partial charge on any atom is 0.224 e. The first-order chi connectivity index (χ1) is 10.0. The minimum Gasteiger partial charge on any atom is -0.321 e. The molecule has 1 aromatic rings. The Bertz CT molecular complexity index is 443. The molecule has 0 aromatic heterocycles. The highest BCUT2D eigenvalue weighted by Gasteiger charge is 2.13. The van der Waals surface area contributed by atoms with Gasteiger partial charge in [0, 0.05) is 10.9 Å². The van der Waals surface area contributed by atoms with E-state index >= 15 is 0 Å². The number of anilines is 1. The Morgan fingerprint density at radius 2 is 1.57 bits per heavy atom. The number of hydrogen-bond donors (Lipinski definition) is 1.